The van der Waals surface area contributed by atoms with Crippen molar-refractivity contribution in [1.82, 2.24) is 19.8 Å². The minimum atomic E-state index is -0.121. The maximum atomic E-state index is 13.8. The van der Waals surface area contributed by atoms with Gasteiger partial charge in [0, 0.05) is 98.5 Å². The van der Waals surface area contributed by atoms with E-state index < -0.39 is 0 Å². The number of unbranched alkanes of at least 4 members (excludes halogenated alkanes) is 1. The van der Waals surface area contributed by atoms with E-state index in [1.54, 1.807) is 19.2 Å². The Morgan fingerprint density at radius 3 is 2.15 bits per heavy atom. The lowest BCUT2D eigenvalue weighted by atomic mass is 9.81. The van der Waals surface area contributed by atoms with Crippen molar-refractivity contribution < 1.29 is 14.3 Å². The quantitative estimate of drug-likeness (QED) is 0.110. The molecular formula is C45H51N7O3. The average molecular weight is 738 g/mol. The zero-order chi connectivity index (χ0) is 37.9. The lowest BCUT2D eigenvalue weighted by Crippen LogP contribution is -2.45. The highest BCUT2D eigenvalue weighted by Crippen LogP contribution is 2.37. The summed E-state index contributed by atoms with van der Waals surface area (Å²) in [6.45, 7) is 5.52. The molecule has 2 aromatic heterocycles. The fraction of sp³-hybridized carbons (Fsp3) is 0.378. The number of benzene rings is 3. The van der Waals surface area contributed by atoms with Gasteiger partial charge in [0.1, 0.15) is 5.75 Å². The van der Waals surface area contributed by atoms with Gasteiger partial charge in [0.2, 0.25) is 0 Å². The molecule has 10 heteroatoms. The van der Waals surface area contributed by atoms with Crippen LogP contribution in [0.2, 0.25) is 0 Å². The minimum Gasteiger partial charge on any atom is -0.497 e. The Morgan fingerprint density at radius 2 is 1.42 bits per heavy atom. The van der Waals surface area contributed by atoms with Crippen molar-refractivity contribution in [3.8, 4) is 5.75 Å². The van der Waals surface area contributed by atoms with E-state index in [2.05, 4.69) is 57.6 Å². The summed E-state index contributed by atoms with van der Waals surface area (Å²) >= 11 is 0. The first-order valence-electron chi connectivity index (χ1n) is 19.7. The lowest BCUT2D eigenvalue weighted by Gasteiger charge is -2.35. The van der Waals surface area contributed by atoms with Crippen molar-refractivity contribution in [3.05, 3.63) is 119 Å². The molecule has 5 aromatic rings. The summed E-state index contributed by atoms with van der Waals surface area (Å²) in [4.78, 5) is 44.6. The molecule has 4 heterocycles. The Bertz CT molecular complexity index is 2200. The summed E-state index contributed by atoms with van der Waals surface area (Å²) in [7, 11) is 5.78. The molecule has 2 aliphatic heterocycles. The van der Waals surface area contributed by atoms with Gasteiger partial charge in [-0.1, -0.05) is 18.2 Å². The van der Waals surface area contributed by atoms with Crippen molar-refractivity contribution in [2.45, 2.75) is 63.7 Å². The fourth-order valence-electron chi connectivity index (χ4n) is 8.87. The highest BCUT2D eigenvalue weighted by Gasteiger charge is 2.38. The number of rotatable bonds is 14. The number of hydrogen-bond donors (Lipinski definition) is 2. The number of carbonyl (C=O) groups excluding carboxylic acids is 2. The number of nitrogens with one attached hydrogen (secondary N) is 2. The summed E-state index contributed by atoms with van der Waals surface area (Å²) < 4.78 is 5.37. The van der Waals surface area contributed by atoms with Gasteiger partial charge in [-0.2, -0.15) is 0 Å². The van der Waals surface area contributed by atoms with Crippen LogP contribution in [-0.4, -0.2) is 90.8 Å². The smallest absolute Gasteiger partial charge is 0.196 e. The van der Waals surface area contributed by atoms with Gasteiger partial charge < -0.3 is 20.3 Å². The summed E-state index contributed by atoms with van der Waals surface area (Å²) in [6.07, 6.45) is 10.6. The predicted molar refractivity (Wildman–Crippen MR) is 220 cm³/mol. The standard InChI is InChI=1S/C45H51N7O3/c1-50(2)34-18-22-48-33(27-34)29-52-24-8-12-41(52)40-11-7-23-51(40)28-32-26-31(17-21-47-32)46-19-4-5-20-49-39-10-6-9-37-43(39)45(54)38-15-13-30-25-35(55-3)14-16-36(30)42(38)44(37)53/h6,9-10,13-18,21-22,25-27,40-41,49H,4-5,7-8,11-12,19-20,23-24,28-29H2,1-3H3,(H,46,47)/t40-,41-/m0/s1. The van der Waals surface area contributed by atoms with Gasteiger partial charge >= 0.3 is 0 Å². The second-order valence-electron chi connectivity index (χ2n) is 15.3. The first kappa shape index (κ1) is 36.6. The van der Waals surface area contributed by atoms with Crippen LogP contribution in [0.4, 0.5) is 17.1 Å². The molecule has 8 rings (SSSR count). The Kier molecular flexibility index (Phi) is 10.8. The second kappa shape index (κ2) is 16.2. The summed E-state index contributed by atoms with van der Waals surface area (Å²) in [5, 5.41) is 8.71. The van der Waals surface area contributed by atoms with Crippen LogP contribution in [0.15, 0.2) is 85.2 Å². The second-order valence-corrected chi connectivity index (χ2v) is 15.3. The van der Waals surface area contributed by atoms with E-state index in [1.807, 2.05) is 54.9 Å². The number of aromatic nitrogens is 2. The summed E-state index contributed by atoms with van der Waals surface area (Å²) in [6, 6.07) is 24.4. The molecule has 10 nitrogen and oxygen atoms in total. The molecule has 2 saturated heterocycles. The number of anilines is 3. The predicted octanol–water partition coefficient (Wildman–Crippen LogP) is 7.41. The Morgan fingerprint density at radius 1 is 0.745 bits per heavy atom. The first-order valence-corrected chi connectivity index (χ1v) is 19.7. The van der Waals surface area contributed by atoms with Crippen LogP contribution < -0.4 is 20.3 Å². The zero-order valence-electron chi connectivity index (χ0n) is 32.2. The monoisotopic (exact) mass is 737 g/mol. The number of pyridine rings is 2. The van der Waals surface area contributed by atoms with Gasteiger partial charge in [0.15, 0.2) is 11.6 Å². The van der Waals surface area contributed by atoms with E-state index in [4.69, 9.17) is 14.7 Å². The zero-order valence-corrected chi connectivity index (χ0v) is 32.2. The third-order valence-electron chi connectivity index (χ3n) is 11.6. The van der Waals surface area contributed by atoms with Crippen LogP contribution in [0.25, 0.3) is 10.8 Å². The van der Waals surface area contributed by atoms with E-state index in [0.29, 0.717) is 52.3 Å². The van der Waals surface area contributed by atoms with Crippen molar-refractivity contribution >= 4 is 39.4 Å². The number of nitrogens with zero attached hydrogens (tertiary/aromatic N) is 5. The minimum absolute atomic E-state index is 0.120. The molecule has 3 aliphatic rings. The Balaban J connectivity index is 0.834. The number of likely N-dealkylation sites (tertiary alicyclic amines) is 2. The Labute approximate surface area is 323 Å². The molecule has 0 saturated carbocycles. The van der Waals surface area contributed by atoms with Gasteiger partial charge in [0.25, 0.3) is 0 Å². The number of fused-ring (bicyclic) bond motifs is 4. The number of carbonyl (C=O) groups is 2. The topological polar surface area (TPSA) is 103 Å². The number of methoxy groups -OCH3 is 1. The van der Waals surface area contributed by atoms with Crippen molar-refractivity contribution in [3.63, 3.8) is 0 Å². The first-order chi connectivity index (χ1) is 26.9. The van der Waals surface area contributed by atoms with Crippen LogP contribution >= 0.6 is 0 Å². The highest BCUT2D eigenvalue weighted by molar-refractivity contribution is 6.33. The molecular weight excluding hydrogens is 687 g/mol. The largest absolute Gasteiger partial charge is 0.497 e. The maximum Gasteiger partial charge on any atom is 0.196 e. The fourth-order valence-corrected chi connectivity index (χ4v) is 8.87. The van der Waals surface area contributed by atoms with Crippen LogP contribution in [0, 0.1) is 0 Å². The lowest BCUT2D eigenvalue weighted by molar-refractivity contribution is 0.0981. The van der Waals surface area contributed by atoms with E-state index >= 15 is 0 Å². The molecule has 0 unspecified atom stereocenters. The highest BCUT2D eigenvalue weighted by atomic mass is 16.5. The van der Waals surface area contributed by atoms with Crippen LogP contribution in [-0.2, 0) is 13.1 Å². The van der Waals surface area contributed by atoms with E-state index in [-0.39, 0.29) is 11.6 Å². The molecule has 0 amide bonds. The van der Waals surface area contributed by atoms with E-state index in [0.717, 1.165) is 73.4 Å². The van der Waals surface area contributed by atoms with Crippen LogP contribution in [0.1, 0.15) is 81.8 Å². The molecule has 0 bridgehead atoms. The van der Waals surface area contributed by atoms with Gasteiger partial charge in [-0.3, -0.25) is 29.4 Å². The number of ketones is 2. The molecule has 2 fully saturated rings. The number of ether oxygens (including phenoxy) is 1. The SMILES string of the molecule is COc1ccc2c3c(ccc2c1)C(=O)c1c(NCCCCNc2ccnc(CN4CCC[C@H]4[C@@H]4CCCN4Cc4cc(N(C)C)ccn4)c2)cccc1C3=O. The Hall–Kier alpha value is -5.32. The summed E-state index contributed by atoms with van der Waals surface area (Å²) in [5.74, 6) is 0.471. The summed E-state index contributed by atoms with van der Waals surface area (Å²) in [5.41, 5.74) is 7.07. The third-order valence-corrected chi connectivity index (χ3v) is 11.6. The van der Waals surface area contributed by atoms with Crippen molar-refractivity contribution in [1.29, 1.82) is 0 Å². The molecule has 0 radical (unpaired) electrons. The van der Waals surface area contributed by atoms with Gasteiger partial charge in [-0.25, -0.2) is 0 Å². The van der Waals surface area contributed by atoms with Gasteiger partial charge in [0.05, 0.1) is 24.1 Å². The third kappa shape index (κ3) is 7.66. The van der Waals surface area contributed by atoms with E-state index in [1.165, 1.54) is 31.4 Å². The average Bonchev–Trinajstić information content (AvgIpc) is 3.86. The van der Waals surface area contributed by atoms with Gasteiger partial charge in [-0.15, -0.1) is 0 Å². The van der Waals surface area contributed by atoms with Crippen molar-refractivity contribution in [2.75, 3.05) is 62.9 Å². The molecule has 0 spiro atoms. The maximum absolute atomic E-state index is 13.8. The normalized spacial score (nSPS) is 18.4. The van der Waals surface area contributed by atoms with Crippen molar-refractivity contribution in [2.24, 2.45) is 0 Å². The van der Waals surface area contributed by atoms with Crippen LogP contribution in [0.3, 0.4) is 0 Å². The molecule has 1 aliphatic carbocycles. The van der Waals surface area contributed by atoms with E-state index in [9.17, 15) is 9.59 Å². The molecule has 2 atom stereocenters. The molecule has 284 valence electrons. The molecule has 3 aromatic carbocycles. The molecule has 2 N–H and O–H groups in total. The number of hydrogen-bond acceptors (Lipinski definition) is 10. The molecule has 55 heavy (non-hydrogen) atoms. The van der Waals surface area contributed by atoms with Crippen LogP contribution in [0.5, 0.6) is 5.75 Å². The van der Waals surface area contributed by atoms with Gasteiger partial charge in [-0.05, 0) is 117 Å².